The van der Waals surface area contributed by atoms with Gasteiger partial charge >= 0.3 is 0 Å². The Balaban J connectivity index is 1.41. The summed E-state index contributed by atoms with van der Waals surface area (Å²) in [6.45, 7) is 0.487. The maximum absolute atomic E-state index is 13.2. The molecule has 0 bridgehead atoms. The average molecular weight is 466 g/mol. The first kappa shape index (κ1) is 22.1. The van der Waals surface area contributed by atoms with Crippen LogP contribution in [0.25, 0.3) is 0 Å². The van der Waals surface area contributed by atoms with E-state index in [0.29, 0.717) is 18.1 Å². The summed E-state index contributed by atoms with van der Waals surface area (Å²) in [6.07, 6.45) is 4.59. The number of tetrazole rings is 1. The molecule has 1 amide bonds. The fourth-order valence-corrected chi connectivity index (χ4v) is 6.84. The van der Waals surface area contributed by atoms with E-state index in [4.69, 9.17) is 4.74 Å². The van der Waals surface area contributed by atoms with Crippen LogP contribution in [0.15, 0.2) is 29.4 Å². The van der Waals surface area contributed by atoms with E-state index in [2.05, 4.69) is 15.5 Å². The molecule has 168 valence electrons. The molecule has 0 spiro atoms. The van der Waals surface area contributed by atoms with Crippen LogP contribution in [-0.4, -0.2) is 75.9 Å². The maximum atomic E-state index is 13.2. The summed E-state index contributed by atoms with van der Waals surface area (Å²) in [4.78, 5) is 15.0. The molecule has 1 aromatic carbocycles. The third-order valence-electron chi connectivity index (χ3n) is 5.92. The number of sulfone groups is 1. The third kappa shape index (κ3) is 5.38. The van der Waals surface area contributed by atoms with Gasteiger partial charge in [0.25, 0.3) is 0 Å². The SMILES string of the molecule is COc1ccc(Cn2nnnc2SCC(=O)N(C2CCCC2)[C@@H]2CCS(=O)(=O)C2)cc1. The zero-order valence-electron chi connectivity index (χ0n) is 17.5. The van der Waals surface area contributed by atoms with Crippen molar-refractivity contribution in [2.45, 2.75) is 55.9 Å². The van der Waals surface area contributed by atoms with E-state index in [1.165, 1.54) is 11.8 Å². The van der Waals surface area contributed by atoms with E-state index in [-0.39, 0.29) is 35.2 Å². The fourth-order valence-electron chi connectivity index (χ4n) is 4.39. The zero-order chi connectivity index (χ0) is 21.8. The first-order valence-electron chi connectivity index (χ1n) is 10.5. The van der Waals surface area contributed by atoms with Crippen molar-refractivity contribution in [2.24, 2.45) is 0 Å². The van der Waals surface area contributed by atoms with Gasteiger partial charge in [-0.25, -0.2) is 13.1 Å². The van der Waals surface area contributed by atoms with Crippen molar-refractivity contribution < 1.29 is 17.9 Å². The van der Waals surface area contributed by atoms with Crippen molar-refractivity contribution in [1.82, 2.24) is 25.1 Å². The summed E-state index contributed by atoms with van der Waals surface area (Å²) in [5, 5.41) is 12.4. The van der Waals surface area contributed by atoms with Gasteiger partial charge in [-0.1, -0.05) is 36.7 Å². The van der Waals surface area contributed by atoms with Gasteiger partial charge in [-0.2, -0.15) is 0 Å². The molecule has 1 aliphatic carbocycles. The number of hydrogen-bond donors (Lipinski definition) is 0. The number of amides is 1. The molecule has 9 nitrogen and oxygen atoms in total. The van der Waals surface area contributed by atoms with E-state index in [9.17, 15) is 13.2 Å². The first-order chi connectivity index (χ1) is 14.9. The summed E-state index contributed by atoms with van der Waals surface area (Å²) in [5.74, 6) is 1.19. The molecular formula is C20H27N5O4S2. The molecular weight excluding hydrogens is 438 g/mol. The molecule has 1 aromatic heterocycles. The topological polar surface area (TPSA) is 107 Å². The number of nitrogens with zero attached hydrogens (tertiary/aromatic N) is 5. The van der Waals surface area contributed by atoms with Crippen LogP contribution in [0.2, 0.25) is 0 Å². The molecule has 0 unspecified atom stereocenters. The van der Waals surface area contributed by atoms with Crippen LogP contribution in [0.4, 0.5) is 0 Å². The molecule has 0 N–H and O–H groups in total. The molecule has 11 heteroatoms. The lowest BCUT2D eigenvalue weighted by Gasteiger charge is -2.34. The number of rotatable bonds is 8. The monoisotopic (exact) mass is 465 g/mol. The maximum Gasteiger partial charge on any atom is 0.233 e. The second-order valence-electron chi connectivity index (χ2n) is 8.05. The number of carbonyl (C=O) groups is 1. The highest BCUT2D eigenvalue weighted by atomic mass is 32.2. The summed E-state index contributed by atoms with van der Waals surface area (Å²) >= 11 is 1.30. The van der Waals surface area contributed by atoms with Crippen molar-refractivity contribution in [3.05, 3.63) is 29.8 Å². The van der Waals surface area contributed by atoms with E-state index in [1.807, 2.05) is 29.2 Å². The molecule has 2 aromatic rings. The number of benzene rings is 1. The van der Waals surface area contributed by atoms with Gasteiger partial charge in [0.15, 0.2) is 9.84 Å². The van der Waals surface area contributed by atoms with Gasteiger partial charge in [-0.15, -0.1) is 5.10 Å². The van der Waals surface area contributed by atoms with Crippen molar-refractivity contribution in [3.63, 3.8) is 0 Å². The summed E-state index contributed by atoms with van der Waals surface area (Å²) in [7, 11) is -1.43. The van der Waals surface area contributed by atoms with Crippen LogP contribution in [0.3, 0.4) is 0 Å². The molecule has 2 fully saturated rings. The van der Waals surface area contributed by atoms with E-state index < -0.39 is 9.84 Å². The molecule has 1 saturated heterocycles. The Morgan fingerprint density at radius 2 is 1.94 bits per heavy atom. The lowest BCUT2D eigenvalue weighted by molar-refractivity contribution is -0.132. The number of hydrogen-bond acceptors (Lipinski definition) is 8. The third-order valence-corrected chi connectivity index (χ3v) is 8.62. The van der Waals surface area contributed by atoms with Crippen LogP contribution < -0.4 is 4.74 Å². The Hall–Kier alpha value is -2.14. The van der Waals surface area contributed by atoms with Gasteiger partial charge in [0.2, 0.25) is 11.1 Å². The highest BCUT2D eigenvalue weighted by Crippen LogP contribution is 2.30. The Kier molecular flexibility index (Phi) is 6.80. The van der Waals surface area contributed by atoms with Crippen LogP contribution in [-0.2, 0) is 21.2 Å². The molecule has 1 saturated carbocycles. The molecule has 2 aliphatic rings. The molecule has 1 aliphatic heterocycles. The van der Waals surface area contributed by atoms with Crippen molar-refractivity contribution >= 4 is 27.5 Å². The molecule has 1 atom stereocenters. The largest absolute Gasteiger partial charge is 0.497 e. The lowest BCUT2D eigenvalue weighted by atomic mass is 10.1. The van der Waals surface area contributed by atoms with E-state index >= 15 is 0 Å². The summed E-state index contributed by atoms with van der Waals surface area (Å²) < 4.78 is 30.9. The molecule has 4 rings (SSSR count). The van der Waals surface area contributed by atoms with Gasteiger partial charge < -0.3 is 9.64 Å². The second-order valence-corrected chi connectivity index (χ2v) is 11.2. The Labute approximate surface area is 186 Å². The van der Waals surface area contributed by atoms with Crippen LogP contribution >= 0.6 is 11.8 Å². The van der Waals surface area contributed by atoms with Gasteiger partial charge in [-0.3, -0.25) is 4.79 Å². The van der Waals surface area contributed by atoms with Crippen LogP contribution in [0, 0.1) is 0 Å². The van der Waals surface area contributed by atoms with Gasteiger partial charge in [-0.05, 0) is 47.4 Å². The Morgan fingerprint density at radius 1 is 1.19 bits per heavy atom. The minimum Gasteiger partial charge on any atom is -0.497 e. The zero-order valence-corrected chi connectivity index (χ0v) is 19.1. The van der Waals surface area contributed by atoms with Crippen molar-refractivity contribution in [2.75, 3.05) is 24.4 Å². The first-order valence-corrected chi connectivity index (χ1v) is 13.3. The van der Waals surface area contributed by atoms with Gasteiger partial charge in [0.1, 0.15) is 5.75 Å². The number of aromatic nitrogens is 4. The lowest BCUT2D eigenvalue weighted by Crippen LogP contribution is -2.47. The number of thioether (sulfide) groups is 1. The minimum absolute atomic E-state index is 0.0296. The number of carbonyl (C=O) groups excluding carboxylic acids is 1. The second kappa shape index (κ2) is 9.56. The summed E-state index contributed by atoms with van der Waals surface area (Å²) in [5.41, 5.74) is 1.02. The summed E-state index contributed by atoms with van der Waals surface area (Å²) in [6, 6.07) is 7.58. The highest BCUT2D eigenvalue weighted by molar-refractivity contribution is 7.99. The highest BCUT2D eigenvalue weighted by Gasteiger charge is 2.39. The Morgan fingerprint density at radius 3 is 2.58 bits per heavy atom. The predicted molar refractivity (Wildman–Crippen MR) is 117 cm³/mol. The number of ether oxygens (including phenoxy) is 1. The normalized spacial score (nSPS) is 20.7. The van der Waals surface area contributed by atoms with Crippen LogP contribution in [0.1, 0.15) is 37.7 Å². The Bertz CT molecular complexity index is 1000. The average Bonchev–Trinajstić information content (AvgIpc) is 3.50. The van der Waals surface area contributed by atoms with E-state index in [1.54, 1.807) is 11.8 Å². The minimum atomic E-state index is -3.05. The van der Waals surface area contributed by atoms with Crippen molar-refractivity contribution in [3.8, 4) is 5.75 Å². The van der Waals surface area contributed by atoms with Crippen LogP contribution in [0.5, 0.6) is 5.75 Å². The van der Waals surface area contributed by atoms with Gasteiger partial charge in [0, 0.05) is 12.1 Å². The fraction of sp³-hybridized carbons (Fsp3) is 0.600. The van der Waals surface area contributed by atoms with Gasteiger partial charge in [0.05, 0.1) is 30.9 Å². The molecule has 31 heavy (non-hydrogen) atoms. The standard InChI is InChI=1S/C20H27N5O4S2/c1-29-18-8-6-15(7-9-18)12-24-20(21-22-23-24)30-13-19(26)25(16-4-2-3-5-16)17-10-11-31(27,28)14-17/h6-9,16-17H,2-5,10-14H2,1H3/t17-/m1/s1. The quantitative estimate of drug-likeness (QED) is 0.543. The smallest absolute Gasteiger partial charge is 0.233 e. The molecule has 2 heterocycles. The van der Waals surface area contributed by atoms with Crippen molar-refractivity contribution in [1.29, 1.82) is 0 Å². The predicted octanol–water partition coefficient (Wildman–Crippen LogP) is 1.78. The molecule has 0 radical (unpaired) electrons. The van der Waals surface area contributed by atoms with E-state index in [0.717, 1.165) is 37.0 Å². The number of methoxy groups -OCH3 is 1.